The molecule has 0 amide bonds. The molecule has 0 aromatic heterocycles. The number of hydrogen-bond donors (Lipinski definition) is 1. The molecule has 0 aromatic rings. The molecule has 0 saturated carbocycles. The molecule has 0 rings (SSSR count). The summed E-state index contributed by atoms with van der Waals surface area (Å²) in [5, 5.41) is 0. The summed E-state index contributed by atoms with van der Waals surface area (Å²) >= 11 is 3.90. The van der Waals surface area contributed by atoms with Crippen LogP contribution in [-0.2, 0) is 19.1 Å². The second kappa shape index (κ2) is 9.98. The molecule has 0 aliphatic rings. The number of rotatable bonds is 9. The average molecular weight is 234 g/mol. The molecule has 0 aromatic carbocycles. The van der Waals surface area contributed by atoms with Crippen LogP contribution in [0.2, 0.25) is 0 Å². The fourth-order valence-electron chi connectivity index (χ4n) is 0.915. The van der Waals surface area contributed by atoms with Crippen LogP contribution < -0.4 is 0 Å². The van der Waals surface area contributed by atoms with Crippen LogP contribution in [0.25, 0.3) is 0 Å². The van der Waals surface area contributed by atoms with Crippen molar-refractivity contribution in [1.29, 1.82) is 0 Å². The predicted octanol–water partition coefficient (Wildman–Crippen LogP) is 1.24. The first-order valence-corrected chi connectivity index (χ1v) is 5.69. The molecule has 0 atom stereocenters. The first-order chi connectivity index (χ1) is 7.20. The Balaban J connectivity index is 3.24. The largest absolute Gasteiger partial charge is 0.463 e. The zero-order chi connectivity index (χ0) is 11.5. The number of ether oxygens (including phenoxy) is 2. The second-order valence-electron chi connectivity index (χ2n) is 3.04. The molecule has 15 heavy (non-hydrogen) atoms. The molecule has 0 fully saturated rings. The van der Waals surface area contributed by atoms with Crippen molar-refractivity contribution in [2.45, 2.75) is 26.2 Å². The topological polar surface area (TPSA) is 52.6 Å². The van der Waals surface area contributed by atoms with E-state index in [1.165, 1.54) is 0 Å². The van der Waals surface area contributed by atoms with E-state index >= 15 is 0 Å². The number of thiol groups is 1. The predicted molar refractivity (Wildman–Crippen MR) is 60.2 cm³/mol. The van der Waals surface area contributed by atoms with Gasteiger partial charge in [0.1, 0.15) is 13.2 Å². The SMILES string of the molecule is CCCC(=O)COCCOC(=O)CCS. The number of ketones is 1. The first kappa shape index (κ1) is 14.5. The Morgan fingerprint density at radius 1 is 1.20 bits per heavy atom. The maximum absolute atomic E-state index is 11.0. The normalized spacial score (nSPS) is 10.0. The molecule has 0 unspecified atom stereocenters. The number of Topliss-reactive ketones (excluding diaryl/α,β-unsaturated/α-hetero) is 1. The van der Waals surface area contributed by atoms with Crippen molar-refractivity contribution in [2.75, 3.05) is 25.6 Å². The van der Waals surface area contributed by atoms with Crippen molar-refractivity contribution < 1.29 is 19.1 Å². The third-order valence-electron chi connectivity index (χ3n) is 1.60. The second-order valence-corrected chi connectivity index (χ2v) is 3.48. The van der Waals surface area contributed by atoms with Crippen molar-refractivity contribution in [1.82, 2.24) is 0 Å². The Labute approximate surface area is 95.7 Å². The maximum atomic E-state index is 11.0. The molecular formula is C10H18O4S. The third kappa shape index (κ3) is 9.75. The van der Waals surface area contributed by atoms with E-state index in [4.69, 9.17) is 9.47 Å². The lowest BCUT2D eigenvalue weighted by Gasteiger charge is -2.04. The van der Waals surface area contributed by atoms with Gasteiger partial charge in [0, 0.05) is 12.2 Å². The smallest absolute Gasteiger partial charge is 0.306 e. The number of esters is 1. The molecule has 0 aliphatic heterocycles. The summed E-state index contributed by atoms with van der Waals surface area (Å²) in [6.45, 7) is 2.52. The van der Waals surface area contributed by atoms with Gasteiger partial charge in [0.2, 0.25) is 0 Å². The van der Waals surface area contributed by atoms with Crippen LogP contribution in [0.1, 0.15) is 26.2 Å². The van der Waals surface area contributed by atoms with Gasteiger partial charge < -0.3 is 9.47 Å². The Morgan fingerprint density at radius 2 is 1.93 bits per heavy atom. The highest BCUT2D eigenvalue weighted by Gasteiger charge is 2.02. The summed E-state index contributed by atoms with van der Waals surface area (Å²) in [6.07, 6.45) is 1.68. The molecule has 88 valence electrons. The van der Waals surface area contributed by atoms with E-state index in [-0.39, 0.29) is 31.6 Å². The minimum Gasteiger partial charge on any atom is -0.463 e. The average Bonchev–Trinajstić information content (AvgIpc) is 2.18. The van der Waals surface area contributed by atoms with Crippen molar-refractivity contribution in [3.05, 3.63) is 0 Å². The molecule has 0 heterocycles. The summed E-state index contributed by atoms with van der Waals surface area (Å²) in [5.74, 6) is 0.280. The highest BCUT2D eigenvalue weighted by atomic mass is 32.1. The van der Waals surface area contributed by atoms with Crippen LogP contribution in [-0.4, -0.2) is 37.3 Å². The number of hydrogen-bond acceptors (Lipinski definition) is 5. The van der Waals surface area contributed by atoms with Crippen LogP contribution in [0.4, 0.5) is 0 Å². The van der Waals surface area contributed by atoms with Crippen LogP contribution in [0.5, 0.6) is 0 Å². The highest BCUT2D eigenvalue weighted by Crippen LogP contribution is 1.91. The lowest BCUT2D eigenvalue weighted by Crippen LogP contribution is -2.14. The van der Waals surface area contributed by atoms with Crippen LogP contribution >= 0.6 is 12.6 Å². The van der Waals surface area contributed by atoms with E-state index in [1.54, 1.807) is 0 Å². The summed E-state index contributed by atoms with van der Waals surface area (Å²) in [5.41, 5.74) is 0. The summed E-state index contributed by atoms with van der Waals surface area (Å²) in [7, 11) is 0. The molecule has 0 bridgehead atoms. The van der Waals surface area contributed by atoms with Gasteiger partial charge in [-0.05, 0) is 6.42 Å². The number of carbonyl (C=O) groups excluding carboxylic acids is 2. The minimum atomic E-state index is -0.284. The van der Waals surface area contributed by atoms with Gasteiger partial charge in [0.15, 0.2) is 5.78 Å². The lowest BCUT2D eigenvalue weighted by atomic mass is 10.2. The van der Waals surface area contributed by atoms with E-state index in [1.807, 2.05) is 6.92 Å². The molecular weight excluding hydrogens is 216 g/mol. The Morgan fingerprint density at radius 3 is 2.53 bits per heavy atom. The summed E-state index contributed by atoms with van der Waals surface area (Å²) < 4.78 is 9.83. The molecule has 0 spiro atoms. The van der Waals surface area contributed by atoms with Crippen LogP contribution in [0.15, 0.2) is 0 Å². The van der Waals surface area contributed by atoms with Gasteiger partial charge in [0.25, 0.3) is 0 Å². The Hall–Kier alpha value is -0.550. The van der Waals surface area contributed by atoms with Crippen LogP contribution in [0.3, 0.4) is 0 Å². The maximum Gasteiger partial charge on any atom is 0.306 e. The Kier molecular flexibility index (Phi) is 9.62. The first-order valence-electron chi connectivity index (χ1n) is 5.06. The van der Waals surface area contributed by atoms with Gasteiger partial charge in [-0.3, -0.25) is 9.59 Å². The van der Waals surface area contributed by atoms with Crippen molar-refractivity contribution >= 4 is 24.4 Å². The zero-order valence-electron chi connectivity index (χ0n) is 9.03. The minimum absolute atomic E-state index is 0.0826. The van der Waals surface area contributed by atoms with Gasteiger partial charge in [-0.15, -0.1) is 0 Å². The summed E-state index contributed by atoms with van der Waals surface area (Å²) in [6, 6.07) is 0. The lowest BCUT2D eigenvalue weighted by molar-refractivity contribution is -0.144. The monoisotopic (exact) mass is 234 g/mol. The molecule has 0 N–H and O–H groups in total. The van der Waals surface area contributed by atoms with E-state index in [0.29, 0.717) is 18.6 Å². The molecule has 5 heteroatoms. The molecule has 0 aliphatic carbocycles. The van der Waals surface area contributed by atoms with Crippen molar-refractivity contribution in [2.24, 2.45) is 0 Å². The molecule has 0 radical (unpaired) electrons. The van der Waals surface area contributed by atoms with E-state index in [0.717, 1.165) is 6.42 Å². The Bertz CT molecular complexity index is 174. The zero-order valence-corrected chi connectivity index (χ0v) is 9.92. The fraction of sp³-hybridized carbons (Fsp3) is 0.800. The fourth-order valence-corrected chi connectivity index (χ4v) is 1.10. The standard InChI is InChI=1S/C10H18O4S/c1-2-3-9(11)8-13-5-6-14-10(12)4-7-15/h15H,2-8H2,1H3. The van der Waals surface area contributed by atoms with Crippen LogP contribution in [0, 0.1) is 0 Å². The van der Waals surface area contributed by atoms with Gasteiger partial charge >= 0.3 is 5.97 Å². The molecule has 0 saturated heterocycles. The van der Waals surface area contributed by atoms with Crippen molar-refractivity contribution in [3.8, 4) is 0 Å². The van der Waals surface area contributed by atoms with Gasteiger partial charge in [-0.2, -0.15) is 12.6 Å². The van der Waals surface area contributed by atoms with Gasteiger partial charge in [0.05, 0.1) is 13.0 Å². The number of carbonyl (C=O) groups is 2. The third-order valence-corrected chi connectivity index (χ3v) is 1.82. The van der Waals surface area contributed by atoms with Gasteiger partial charge in [-0.1, -0.05) is 6.92 Å². The van der Waals surface area contributed by atoms with E-state index in [2.05, 4.69) is 12.6 Å². The van der Waals surface area contributed by atoms with E-state index in [9.17, 15) is 9.59 Å². The van der Waals surface area contributed by atoms with Crippen molar-refractivity contribution in [3.63, 3.8) is 0 Å². The summed E-state index contributed by atoms with van der Waals surface area (Å²) in [4.78, 5) is 21.8. The van der Waals surface area contributed by atoms with Gasteiger partial charge in [-0.25, -0.2) is 0 Å². The van der Waals surface area contributed by atoms with E-state index < -0.39 is 0 Å². The quantitative estimate of drug-likeness (QED) is 0.370. The molecule has 4 nitrogen and oxygen atoms in total. The highest BCUT2D eigenvalue weighted by molar-refractivity contribution is 7.80.